The first-order valence-corrected chi connectivity index (χ1v) is 9.64. The summed E-state index contributed by atoms with van der Waals surface area (Å²) in [5.41, 5.74) is 1.81. The Balaban J connectivity index is 1.55. The minimum absolute atomic E-state index is 0.0183. The summed E-state index contributed by atoms with van der Waals surface area (Å²) in [7, 11) is 1.64. The van der Waals surface area contributed by atoms with Gasteiger partial charge in [0.05, 0.1) is 13.2 Å². The van der Waals surface area contributed by atoms with E-state index in [1.165, 1.54) is 0 Å². The van der Waals surface area contributed by atoms with Crippen LogP contribution in [0.1, 0.15) is 59.4 Å². The van der Waals surface area contributed by atoms with Crippen LogP contribution in [0.4, 0.5) is 0 Å². The zero-order valence-corrected chi connectivity index (χ0v) is 15.6. The van der Waals surface area contributed by atoms with Crippen LogP contribution in [0, 0.1) is 0 Å². The third-order valence-corrected chi connectivity index (χ3v) is 5.22. The number of carbonyl (C=O) groups excluding carboxylic acids is 1. The molecule has 1 atom stereocenters. The Hall–Kier alpha value is -2.41. The third kappa shape index (κ3) is 3.83. The molecule has 144 valence electrons. The number of aromatic nitrogens is 2. The maximum absolute atomic E-state index is 13.2. The van der Waals surface area contributed by atoms with Gasteiger partial charge in [0.25, 0.3) is 5.91 Å². The standard InChI is InChI=1S/C20H25N3O4/c1-25-12-9-18-21-19(27-22-18)16-6-2-3-10-23(16)20(24)15-7-8-17-14(13-15)5-4-11-26-17/h7-8,13,16H,2-6,9-12H2,1H3/t16-/m0/s1. The Labute approximate surface area is 158 Å². The van der Waals surface area contributed by atoms with E-state index in [-0.39, 0.29) is 11.9 Å². The van der Waals surface area contributed by atoms with Gasteiger partial charge >= 0.3 is 0 Å². The number of amides is 1. The topological polar surface area (TPSA) is 77.7 Å². The van der Waals surface area contributed by atoms with Gasteiger partial charge in [0.1, 0.15) is 11.8 Å². The number of hydrogen-bond donors (Lipinski definition) is 0. The number of likely N-dealkylation sites (tertiary alicyclic amines) is 1. The zero-order chi connectivity index (χ0) is 18.6. The maximum atomic E-state index is 13.2. The average Bonchev–Trinajstić information content (AvgIpc) is 3.20. The second-order valence-electron chi connectivity index (χ2n) is 7.08. The number of nitrogens with zero attached hydrogens (tertiary/aromatic N) is 3. The van der Waals surface area contributed by atoms with Crippen LogP contribution in [0.25, 0.3) is 0 Å². The fourth-order valence-electron chi connectivity index (χ4n) is 3.79. The first-order chi connectivity index (χ1) is 13.3. The van der Waals surface area contributed by atoms with E-state index in [0.29, 0.717) is 36.9 Å². The van der Waals surface area contributed by atoms with Crippen LogP contribution in [-0.2, 0) is 17.6 Å². The summed E-state index contributed by atoms with van der Waals surface area (Å²) in [4.78, 5) is 19.6. The van der Waals surface area contributed by atoms with Gasteiger partial charge in [0.15, 0.2) is 5.82 Å². The summed E-state index contributed by atoms with van der Waals surface area (Å²) in [6.45, 7) is 1.99. The lowest BCUT2D eigenvalue weighted by Gasteiger charge is -2.33. The van der Waals surface area contributed by atoms with Crippen molar-refractivity contribution in [3.05, 3.63) is 41.0 Å². The molecule has 0 unspecified atom stereocenters. The van der Waals surface area contributed by atoms with Crippen molar-refractivity contribution >= 4 is 5.91 Å². The van der Waals surface area contributed by atoms with Crippen molar-refractivity contribution in [2.24, 2.45) is 0 Å². The Bertz CT molecular complexity index is 804. The molecule has 7 nitrogen and oxygen atoms in total. The maximum Gasteiger partial charge on any atom is 0.254 e. The normalized spacial score (nSPS) is 19.4. The number of ether oxygens (including phenoxy) is 2. The summed E-state index contributed by atoms with van der Waals surface area (Å²) in [6.07, 6.45) is 5.41. The number of fused-ring (bicyclic) bond motifs is 1. The number of methoxy groups -OCH3 is 1. The summed E-state index contributed by atoms with van der Waals surface area (Å²) >= 11 is 0. The lowest BCUT2D eigenvalue weighted by atomic mass is 9.98. The molecule has 0 saturated carbocycles. The van der Waals surface area contributed by atoms with Crippen molar-refractivity contribution < 1.29 is 18.8 Å². The molecular weight excluding hydrogens is 346 g/mol. The van der Waals surface area contributed by atoms with Crippen molar-refractivity contribution in [3.63, 3.8) is 0 Å². The van der Waals surface area contributed by atoms with Crippen LogP contribution in [-0.4, -0.2) is 47.8 Å². The van der Waals surface area contributed by atoms with E-state index in [4.69, 9.17) is 14.0 Å². The molecule has 1 fully saturated rings. The second kappa shape index (κ2) is 8.08. The smallest absolute Gasteiger partial charge is 0.254 e. The van der Waals surface area contributed by atoms with Gasteiger partial charge in [-0.3, -0.25) is 4.79 Å². The highest BCUT2D eigenvalue weighted by atomic mass is 16.5. The molecule has 1 amide bonds. The highest BCUT2D eigenvalue weighted by Gasteiger charge is 2.33. The van der Waals surface area contributed by atoms with E-state index in [9.17, 15) is 4.79 Å². The Morgan fingerprint density at radius 1 is 1.33 bits per heavy atom. The van der Waals surface area contributed by atoms with Crippen LogP contribution in [0.3, 0.4) is 0 Å². The fraction of sp³-hybridized carbons (Fsp3) is 0.550. The van der Waals surface area contributed by atoms with E-state index in [1.54, 1.807) is 7.11 Å². The molecular formula is C20H25N3O4. The molecule has 0 bridgehead atoms. The Morgan fingerprint density at radius 3 is 3.15 bits per heavy atom. The molecule has 1 saturated heterocycles. The van der Waals surface area contributed by atoms with E-state index < -0.39 is 0 Å². The minimum Gasteiger partial charge on any atom is -0.493 e. The van der Waals surface area contributed by atoms with E-state index in [1.807, 2.05) is 23.1 Å². The molecule has 0 N–H and O–H groups in total. The summed E-state index contributed by atoms with van der Waals surface area (Å²) in [6, 6.07) is 5.58. The minimum atomic E-state index is -0.165. The zero-order valence-electron chi connectivity index (χ0n) is 15.6. The number of benzene rings is 1. The monoisotopic (exact) mass is 371 g/mol. The van der Waals surface area contributed by atoms with Gasteiger partial charge in [-0.25, -0.2) is 0 Å². The second-order valence-corrected chi connectivity index (χ2v) is 7.08. The number of carbonyl (C=O) groups is 1. The van der Waals surface area contributed by atoms with Crippen LogP contribution in [0.15, 0.2) is 22.7 Å². The number of rotatable bonds is 5. The van der Waals surface area contributed by atoms with Gasteiger partial charge in [-0.15, -0.1) is 0 Å². The lowest BCUT2D eigenvalue weighted by Crippen LogP contribution is -2.38. The molecule has 1 aromatic carbocycles. The molecule has 1 aromatic heterocycles. The predicted molar refractivity (Wildman–Crippen MR) is 97.8 cm³/mol. The molecule has 0 spiro atoms. The molecule has 4 rings (SSSR count). The number of hydrogen-bond acceptors (Lipinski definition) is 6. The van der Waals surface area contributed by atoms with Crippen molar-refractivity contribution in [3.8, 4) is 5.75 Å². The van der Waals surface area contributed by atoms with Crippen LogP contribution < -0.4 is 4.74 Å². The van der Waals surface area contributed by atoms with E-state index in [2.05, 4.69) is 10.1 Å². The predicted octanol–water partition coefficient (Wildman–Crippen LogP) is 2.95. The Morgan fingerprint density at radius 2 is 2.26 bits per heavy atom. The molecule has 0 aliphatic carbocycles. The van der Waals surface area contributed by atoms with Crippen LogP contribution in [0.2, 0.25) is 0 Å². The highest BCUT2D eigenvalue weighted by molar-refractivity contribution is 5.95. The first-order valence-electron chi connectivity index (χ1n) is 9.64. The molecule has 2 aromatic rings. The molecule has 2 aliphatic rings. The van der Waals surface area contributed by atoms with Crippen LogP contribution >= 0.6 is 0 Å². The molecule has 7 heteroatoms. The van der Waals surface area contributed by atoms with Crippen LogP contribution in [0.5, 0.6) is 5.75 Å². The lowest BCUT2D eigenvalue weighted by molar-refractivity contribution is 0.0561. The molecule has 27 heavy (non-hydrogen) atoms. The van der Waals surface area contributed by atoms with E-state index in [0.717, 1.165) is 50.0 Å². The average molecular weight is 371 g/mol. The summed E-state index contributed by atoms with van der Waals surface area (Å²) in [5.74, 6) is 2.06. The summed E-state index contributed by atoms with van der Waals surface area (Å²) in [5, 5.41) is 4.03. The number of piperidine rings is 1. The van der Waals surface area contributed by atoms with Crippen molar-refractivity contribution in [2.45, 2.75) is 44.6 Å². The van der Waals surface area contributed by atoms with Gasteiger partial charge in [0.2, 0.25) is 5.89 Å². The summed E-state index contributed by atoms with van der Waals surface area (Å²) < 4.78 is 16.2. The number of aryl methyl sites for hydroxylation is 1. The van der Waals surface area contributed by atoms with Gasteiger partial charge < -0.3 is 18.9 Å². The quantitative estimate of drug-likeness (QED) is 0.804. The van der Waals surface area contributed by atoms with Crippen molar-refractivity contribution in [1.82, 2.24) is 15.0 Å². The fourth-order valence-corrected chi connectivity index (χ4v) is 3.79. The largest absolute Gasteiger partial charge is 0.493 e. The van der Waals surface area contributed by atoms with E-state index >= 15 is 0 Å². The van der Waals surface area contributed by atoms with Gasteiger partial charge in [-0.2, -0.15) is 4.98 Å². The first kappa shape index (κ1) is 18.0. The highest BCUT2D eigenvalue weighted by Crippen LogP contribution is 2.32. The van der Waals surface area contributed by atoms with Gasteiger partial charge in [-0.05, 0) is 55.9 Å². The van der Waals surface area contributed by atoms with Crippen molar-refractivity contribution in [2.75, 3.05) is 26.9 Å². The van der Waals surface area contributed by atoms with Crippen molar-refractivity contribution in [1.29, 1.82) is 0 Å². The SMILES string of the molecule is COCCc1noc([C@@H]2CCCCN2C(=O)c2ccc3c(c2)CCCO3)n1. The third-order valence-electron chi connectivity index (χ3n) is 5.22. The molecule has 0 radical (unpaired) electrons. The molecule has 2 aliphatic heterocycles. The Kier molecular flexibility index (Phi) is 5.38. The van der Waals surface area contributed by atoms with Gasteiger partial charge in [-0.1, -0.05) is 5.16 Å². The molecule has 3 heterocycles. The van der Waals surface area contributed by atoms with Gasteiger partial charge in [0, 0.05) is 25.6 Å².